The highest BCUT2D eigenvalue weighted by Gasteiger charge is 2.24. The van der Waals surface area contributed by atoms with Crippen molar-refractivity contribution >= 4 is 11.6 Å². The number of hydrogen-bond acceptors (Lipinski definition) is 5. The summed E-state index contributed by atoms with van der Waals surface area (Å²) < 4.78 is 0. The van der Waals surface area contributed by atoms with Crippen molar-refractivity contribution in [1.29, 1.82) is 0 Å². The van der Waals surface area contributed by atoms with E-state index in [0.29, 0.717) is 12.0 Å². The number of piperidine rings is 1. The Hall–Kier alpha value is -1.36. The molecule has 0 aromatic carbocycles. The van der Waals surface area contributed by atoms with Crippen LogP contribution in [-0.4, -0.2) is 47.6 Å². The number of rotatable bonds is 6. The number of likely N-dealkylation sites (tertiary alicyclic amines) is 1. The van der Waals surface area contributed by atoms with E-state index in [4.69, 9.17) is 0 Å². The Morgan fingerprint density at radius 2 is 2.05 bits per heavy atom. The summed E-state index contributed by atoms with van der Waals surface area (Å²) in [4.78, 5) is 11.6. The fourth-order valence-corrected chi connectivity index (χ4v) is 2.94. The number of hydrogen-bond donors (Lipinski definition) is 2. The fourth-order valence-electron chi connectivity index (χ4n) is 2.94. The van der Waals surface area contributed by atoms with Gasteiger partial charge in [0.25, 0.3) is 0 Å². The van der Waals surface area contributed by atoms with Gasteiger partial charge in [-0.05, 0) is 39.3 Å². The van der Waals surface area contributed by atoms with E-state index in [1.54, 1.807) is 0 Å². The van der Waals surface area contributed by atoms with Crippen LogP contribution in [0.3, 0.4) is 0 Å². The standard InChI is InChI=1S/C16H29N5/c1-5-7-14-19-15(17-6-2)10-16(20-14)18-13-8-9-21(4)11-12(13)3/h10,12-13H,5-9,11H2,1-4H3,(H2,17,18,19,20). The Balaban J connectivity index is 2.10. The predicted octanol–water partition coefficient (Wildman–Crippen LogP) is 2.61. The number of aromatic nitrogens is 2. The van der Waals surface area contributed by atoms with Crippen LogP contribution in [-0.2, 0) is 6.42 Å². The highest BCUT2D eigenvalue weighted by atomic mass is 15.1. The van der Waals surface area contributed by atoms with Gasteiger partial charge in [-0.3, -0.25) is 0 Å². The fraction of sp³-hybridized carbons (Fsp3) is 0.750. The monoisotopic (exact) mass is 291 g/mol. The van der Waals surface area contributed by atoms with Crippen molar-refractivity contribution < 1.29 is 0 Å². The zero-order valence-electron chi connectivity index (χ0n) is 13.8. The van der Waals surface area contributed by atoms with Gasteiger partial charge in [-0.2, -0.15) is 0 Å². The van der Waals surface area contributed by atoms with E-state index in [1.165, 1.54) is 6.42 Å². The van der Waals surface area contributed by atoms with Gasteiger partial charge in [0.15, 0.2) is 0 Å². The quantitative estimate of drug-likeness (QED) is 0.844. The third-order valence-corrected chi connectivity index (χ3v) is 4.05. The summed E-state index contributed by atoms with van der Waals surface area (Å²) in [5.41, 5.74) is 0. The number of aryl methyl sites for hydroxylation is 1. The number of nitrogens with one attached hydrogen (secondary N) is 2. The Morgan fingerprint density at radius 1 is 1.29 bits per heavy atom. The zero-order chi connectivity index (χ0) is 15.2. The molecule has 21 heavy (non-hydrogen) atoms. The first-order valence-electron chi connectivity index (χ1n) is 8.19. The molecule has 0 spiro atoms. The lowest BCUT2D eigenvalue weighted by molar-refractivity contribution is 0.206. The lowest BCUT2D eigenvalue weighted by Crippen LogP contribution is -2.43. The summed E-state index contributed by atoms with van der Waals surface area (Å²) in [6, 6.07) is 2.54. The van der Waals surface area contributed by atoms with E-state index in [2.05, 4.69) is 53.3 Å². The van der Waals surface area contributed by atoms with Crippen LogP contribution in [0.15, 0.2) is 6.07 Å². The van der Waals surface area contributed by atoms with Crippen LogP contribution in [0.1, 0.15) is 39.4 Å². The topological polar surface area (TPSA) is 53.1 Å². The molecule has 0 saturated carbocycles. The van der Waals surface area contributed by atoms with E-state index < -0.39 is 0 Å². The predicted molar refractivity (Wildman–Crippen MR) is 88.9 cm³/mol. The lowest BCUT2D eigenvalue weighted by Gasteiger charge is -2.35. The molecule has 5 nitrogen and oxygen atoms in total. The minimum Gasteiger partial charge on any atom is -0.370 e. The maximum absolute atomic E-state index is 4.68. The van der Waals surface area contributed by atoms with Crippen LogP contribution in [0, 0.1) is 5.92 Å². The second-order valence-electron chi connectivity index (χ2n) is 6.11. The van der Waals surface area contributed by atoms with E-state index >= 15 is 0 Å². The molecule has 5 heteroatoms. The Labute approximate surface area is 128 Å². The lowest BCUT2D eigenvalue weighted by atomic mass is 9.94. The number of nitrogens with zero attached hydrogens (tertiary/aromatic N) is 3. The minimum atomic E-state index is 0.500. The second kappa shape index (κ2) is 7.59. The van der Waals surface area contributed by atoms with Crippen molar-refractivity contribution in [2.75, 3.05) is 37.3 Å². The third-order valence-electron chi connectivity index (χ3n) is 4.05. The van der Waals surface area contributed by atoms with Crippen molar-refractivity contribution in [2.24, 2.45) is 5.92 Å². The maximum atomic E-state index is 4.68. The summed E-state index contributed by atoms with van der Waals surface area (Å²) in [7, 11) is 2.19. The van der Waals surface area contributed by atoms with E-state index in [0.717, 1.165) is 49.9 Å². The van der Waals surface area contributed by atoms with Gasteiger partial charge >= 0.3 is 0 Å². The molecule has 1 fully saturated rings. The van der Waals surface area contributed by atoms with Crippen LogP contribution in [0.25, 0.3) is 0 Å². The van der Waals surface area contributed by atoms with E-state index in [9.17, 15) is 0 Å². The van der Waals surface area contributed by atoms with Crippen molar-refractivity contribution in [2.45, 2.75) is 46.1 Å². The summed E-state index contributed by atoms with van der Waals surface area (Å²) in [5.74, 6) is 3.46. The first kappa shape index (κ1) is 16.0. The van der Waals surface area contributed by atoms with Crippen molar-refractivity contribution in [3.05, 3.63) is 11.9 Å². The molecule has 0 radical (unpaired) electrons. The SMILES string of the molecule is CCCc1nc(NCC)cc(NC2CCN(C)CC2C)n1. The molecule has 1 aliphatic heterocycles. The summed E-state index contributed by atoms with van der Waals surface area (Å²) in [5, 5.41) is 6.93. The van der Waals surface area contributed by atoms with Gasteiger partial charge in [-0.15, -0.1) is 0 Å². The summed E-state index contributed by atoms with van der Waals surface area (Å²) in [6.07, 6.45) is 3.16. The van der Waals surface area contributed by atoms with Crippen LogP contribution >= 0.6 is 0 Å². The Morgan fingerprint density at radius 3 is 2.71 bits per heavy atom. The largest absolute Gasteiger partial charge is 0.370 e. The minimum absolute atomic E-state index is 0.500. The van der Waals surface area contributed by atoms with Gasteiger partial charge in [0, 0.05) is 31.6 Å². The van der Waals surface area contributed by atoms with Crippen LogP contribution in [0.2, 0.25) is 0 Å². The Kier molecular flexibility index (Phi) is 5.79. The second-order valence-corrected chi connectivity index (χ2v) is 6.11. The molecule has 2 N–H and O–H groups in total. The average Bonchev–Trinajstić information content (AvgIpc) is 2.42. The highest BCUT2D eigenvalue weighted by molar-refractivity contribution is 5.48. The first-order chi connectivity index (χ1) is 10.1. The van der Waals surface area contributed by atoms with Gasteiger partial charge in [0.2, 0.25) is 0 Å². The van der Waals surface area contributed by atoms with Gasteiger partial charge in [0.05, 0.1) is 0 Å². The zero-order valence-corrected chi connectivity index (χ0v) is 13.8. The van der Waals surface area contributed by atoms with E-state index in [1.807, 2.05) is 6.07 Å². The van der Waals surface area contributed by atoms with Gasteiger partial charge in [-0.25, -0.2) is 9.97 Å². The van der Waals surface area contributed by atoms with Gasteiger partial charge in [0.1, 0.15) is 17.5 Å². The Bertz CT molecular complexity index is 424. The van der Waals surface area contributed by atoms with Gasteiger partial charge in [-0.1, -0.05) is 13.8 Å². The highest BCUT2D eigenvalue weighted by Crippen LogP contribution is 2.21. The molecule has 1 aromatic rings. The van der Waals surface area contributed by atoms with Crippen molar-refractivity contribution in [1.82, 2.24) is 14.9 Å². The molecule has 118 valence electrons. The molecule has 0 amide bonds. The smallest absolute Gasteiger partial charge is 0.133 e. The van der Waals surface area contributed by atoms with Crippen molar-refractivity contribution in [3.8, 4) is 0 Å². The molecule has 1 aromatic heterocycles. The molecule has 2 rings (SSSR count). The van der Waals surface area contributed by atoms with E-state index in [-0.39, 0.29) is 0 Å². The molecular weight excluding hydrogens is 262 g/mol. The normalized spacial score (nSPS) is 23.0. The average molecular weight is 291 g/mol. The van der Waals surface area contributed by atoms with Crippen LogP contribution in [0.4, 0.5) is 11.6 Å². The molecule has 2 atom stereocenters. The molecule has 2 unspecified atom stereocenters. The third kappa shape index (κ3) is 4.56. The molecule has 1 aliphatic rings. The summed E-state index contributed by atoms with van der Waals surface area (Å²) in [6.45, 7) is 9.74. The molecule has 0 bridgehead atoms. The molecular formula is C16H29N5. The molecule has 2 heterocycles. The molecule has 1 saturated heterocycles. The van der Waals surface area contributed by atoms with Gasteiger partial charge < -0.3 is 15.5 Å². The van der Waals surface area contributed by atoms with Crippen molar-refractivity contribution in [3.63, 3.8) is 0 Å². The number of anilines is 2. The molecule has 0 aliphatic carbocycles. The summed E-state index contributed by atoms with van der Waals surface area (Å²) >= 11 is 0. The van der Waals surface area contributed by atoms with Crippen LogP contribution < -0.4 is 10.6 Å². The van der Waals surface area contributed by atoms with Crippen LogP contribution in [0.5, 0.6) is 0 Å². The first-order valence-corrected chi connectivity index (χ1v) is 8.19. The maximum Gasteiger partial charge on any atom is 0.133 e.